The van der Waals surface area contributed by atoms with E-state index in [-0.39, 0.29) is 0 Å². The number of benzene rings is 1. The highest BCUT2D eigenvalue weighted by atomic mass is 16.5. The summed E-state index contributed by atoms with van der Waals surface area (Å²) in [5.74, 6) is 1.70. The number of fused-ring (bicyclic) bond motifs is 1. The van der Waals surface area contributed by atoms with Crippen molar-refractivity contribution in [3.63, 3.8) is 0 Å². The average Bonchev–Trinajstić information content (AvgIpc) is 3.04. The molecule has 0 bridgehead atoms. The summed E-state index contributed by atoms with van der Waals surface area (Å²) in [6.07, 6.45) is 4.01. The van der Waals surface area contributed by atoms with Gasteiger partial charge < -0.3 is 10.1 Å². The van der Waals surface area contributed by atoms with Gasteiger partial charge in [-0.25, -0.2) is 0 Å². The molecule has 0 spiro atoms. The molecule has 2 atom stereocenters. The topological polar surface area (TPSA) is 21.3 Å². The van der Waals surface area contributed by atoms with Crippen molar-refractivity contribution >= 4 is 0 Å². The van der Waals surface area contributed by atoms with E-state index in [2.05, 4.69) is 43.6 Å². The summed E-state index contributed by atoms with van der Waals surface area (Å²) in [6, 6.07) is 9.13. The molecule has 17 heavy (non-hydrogen) atoms. The molecule has 3 rings (SSSR count). The van der Waals surface area contributed by atoms with Crippen molar-refractivity contribution in [1.82, 2.24) is 5.32 Å². The van der Waals surface area contributed by atoms with Crippen molar-refractivity contribution in [2.24, 2.45) is 5.41 Å². The molecule has 1 aliphatic heterocycles. The fourth-order valence-corrected chi connectivity index (χ4v) is 3.17. The molecule has 2 heteroatoms. The second kappa shape index (κ2) is 4.02. The zero-order chi connectivity index (χ0) is 11.9. The Kier molecular flexibility index (Phi) is 2.62. The van der Waals surface area contributed by atoms with Crippen LogP contribution >= 0.6 is 0 Å². The predicted molar refractivity (Wildman–Crippen MR) is 69.5 cm³/mol. The van der Waals surface area contributed by atoms with Crippen LogP contribution in [0.15, 0.2) is 24.3 Å². The number of nitrogens with one attached hydrogen (secondary N) is 1. The van der Waals surface area contributed by atoms with Gasteiger partial charge in [0.25, 0.3) is 0 Å². The molecular formula is C15H21NO. The predicted octanol–water partition coefficient (Wildman–Crippen LogP) is 2.94. The van der Waals surface area contributed by atoms with E-state index in [0.29, 0.717) is 17.4 Å². The maximum absolute atomic E-state index is 5.78. The molecule has 2 unspecified atom stereocenters. The van der Waals surface area contributed by atoms with Crippen molar-refractivity contribution in [2.45, 2.75) is 38.1 Å². The molecule has 0 radical (unpaired) electrons. The monoisotopic (exact) mass is 231 g/mol. The largest absolute Gasteiger partial charge is 0.493 e. The number of para-hydroxylation sites is 1. The molecule has 2 nitrogen and oxygen atoms in total. The van der Waals surface area contributed by atoms with Crippen LogP contribution in [0.5, 0.6) is 5.75 Å². The van der Waals surface area contributed by atoms with E-state index >= 15 is 0 Å². The minimum absolute atomic E-state index is 0.528. The van der Waals surface area contributed by atoms with Crippen LogP contribution in [0.1, 0.15) is 37.7 Å². The SMILES string of the molecule is CNC(C)C1(CC2COc3ccccc32)CC1. The highest BCUT2D eigenvalue weighted by molar-refractivity contribution is 5.40. The van der Waals surface area contributed by atoms with E-state index in [1.807, 2.05) is 0 Å². The molecular weight excluding hydrogens is 210 g/mol. The van der Waals surface area contributed by atoms with Crippen molar-refractivity contribution in [2.75, 3.05) is 13.7 Å². The van der Waals surface area contributed by atoms with Crippen molar-refractivity contribution < 1.29 is 4.74 Å². The lowest BCUT2D eigenvalue weighted by Gasteiger charge is -2.25. The standard InChI is InChI=1S/C15H21NO/c1-11(16-2)15(7-8-15)9-12-10-17-14-6-4-3-5-13(12)14/h3-6,11-12,16H,7-10H2,1-2H3. The van der Waals surface area contributed by atoms with Crippen molar-refractivity contribution in [1.29, 1.82) is 0 Å². The molecule has 1 saturated carbocycles. The van der Waals surface area contributed by atoms with Gasteiger partial charge in [0.1, 0.15) is 5.75 Å². The smallest absolute Gasteiger partial charge is 0.122 e. The second-order valence-electron chi connectivity index (χ2n) is 5.62. The summed E-state index contributed by atoms with van der Waals surface area (Å²) in [5.41, 5.74) is 1.95. The third-order valence-corrected chi connectivity index (χ3v) is 4.70. The minimum atomic E-state index is 0.528. The van der Waals surface area contributed by atoms with Crippen LogP contribution in [0, 0.1) is 5.41 Å². The minimum Gasteiger partial charge on any atom is -0.493 e. The first-order valence-electron chi connectivity index (χ1n) is 6.64. The highest BCUT2D eigenvalue weighted by Gasteiger charge is 2.49. The summed E-state index contributed by atoms with van der Waals surface area (Å²) >= 11 is 0. The molecule has 1 N–H and O–H groups in total. The van der Waals surface area contributed by atoms with Gasteiger partial charge in [0.05, 0.1) is 6.61 Å². The Bertz CT molecular complexity index is 411. The maximum Gasteiger partial charge on any atom is 0.122 e. The molecule has 2 aliphatic rings. The average molecular weight is 231 g/mol. The summed E-state index contributed by atoms with van der Waals surface area (Å²) in [4.78, 5) is 0. The lowest BCUT2D eigenvalue weighted by Crippen LogP contribution is -2.33. The molecule has 0 saturated heterocycles. The lowest BCUT2D eigenvalue weighted by molar-refractivity contribution is 0.272. The molecule has 1 fully saturated rings. The quantitative estimate of drug-likeness (QED) is 0.860. The molecule has 1 heterocycles. The lowest BCUT2D eigenvalue weighted by atomic mass is 9.84. The molecule has 0 amide bonds. The molecule has 1 aromatic carbocycles. The van der Waals surface area contributed by atoms with Crippen molar-refractivity contribution in [3.05, 3.63) is 29.8 Å². The van der Waals surface area contributed by atoms with Crippen LogP contribution in [-0.2, 0) is 0 Å². The first kappa shape index (κ1) is 11.1. The molecule has 92 valence electrons. The van der Waals surface area contributed by atoms with Crippen LogP contribution in [0.3, 0.4) is 0 Å². The van der Waals surface area contributed by atoms with E-state index in [4.69, 9.17) is 4.74 Å². The Labute approximate surface area is 103 Å². The summed E-state index contributed by atoms with van der Waals surface area (Å²) in [5, 5.41) is 3.42. The van der Waals surface area contributed by atoms with Gasteiger partial charge in [0.15, 0.2) is 0 Å². The van der Waals surface area contributed by atoms with Gasteiger partial charge in [-0.05, 0) is 44.7 Å². The van der Waals surface area contributed by atoms with E-state index in [0.717, 1.165) is 12.4 Å². The Hall–Kier alpha value is -1.02. The third-order valence-electron chi connectivity index (χ3n) is 4.70. The van der Waals surface area contributed by atoms with E-state index in [1.54, 1.807) is 0 Å². The first-order valence-corrected chi connectivity index (χ1v) is 6.64. The zero-order valence-electron chi connectivity index (χ0n) is 10.7. The normalized spacial score (nSPS) is 26.1. The van der Waals surface area contributed by atoms with Gasteiger partial charge in [-0.1, -0.05) is 18.2 Å². The Morgan fingerprint density at radius 1 is 1.41 bits per heavy atom. The van der Waals surface area contributed by atoms with E-state index in [9.17, 15) is 0 Å². The Balaban J connectivity index is 1.76. The maximum atomic E-state index is 5.78. The number of hydrogen-bond acceptors (Lipinski definition) is 2. The summed E-state index contributed by atoms with van der Waals surface area (Å²) in [6.45, 7) is 3.19. The van der Waals surface area contributed by atoms with Crippen LogP contribution in [-0.4, -0.2) is 19.7 Å². The van der Waals surface area contributed by atoms with Crippen LogP contribution in [0.2, 0.25) is 0 Å². The Morgan fingerprint density at radius 3 is 2.88 bits per heavy atom. The summed E-state index contributed by atoms with van der Waals surface area (Å²) < 4.78 is 5.78. The third kappa shape index (κ3) is 1.85. The van der Waals surface area contributed by atoms with Gasteiger partial charge in [0.2, 0.25) is 0 Å². The van der Waals surface area contributed by atoms with Crippen LogP contribution in [0.4, 0.5) is 0 Å². The van der Waals surface area contributed by atoms with E-state index < -0.39 is 0 Å². The summed E-state index contributed by atoms with van der Waals surface area (Å²) in [7, 11) is 2.07. The van der Waals surface area contributed by atoms with Gasteiger partial charge in [-0.3, -0.25) is 0 Å². The Morgan fingerprint density at radius 2 is 2.18 bits per heavy atom. The van der Waals surface area contributed by atoms with Gasteiger partial charge in [0, 0.05) is 17.5 Å². The fraction of sp³-hybridized carbons (Fsp3) is 0.600. The van der Waals surface area contributed by atoms with Crippen LogP contribution in [0.25, 0.3) is 0 Å². The second-order valence-corrected chi connectivity index (χ2v) is 5.62. The number of rotatable bonds is 4. The van der Waals surface area contributed by atoms with Gasteiger partial charge >= 0.3 is 0 Å². The number of ether oxygens (including phenoxy) is 1. The fourth-order valence-electron chi connectivity index (χ4n) is 3.17. The van der Waals surface area contributed by atoms with Crippen molar-refractivity contribution in [3.8, 4) is 5.75 Å². The zero-order valence-corrected chi connectivity index (χ0v) is 10.7. The van der Waals surface area contributed by atoms with E-state index in [1.165, 1.54) is 24.8 Å². The van der Waals surface area contributed by atoms with Crippen LogP contribution < -0.4 is 10.1 Å². The van der Waals surface area contributed by atoms with Gasteiger partial charge in [-0.15, -0.1) is 0 Å². The van der Waals surface area contributed by atoms with Gasteiger partial charge in [-0.2, -0.15) is 0 Å². The first-order chi connectivity index (χ1) is 8.25. The number of hydrogen-bond donors (Lipinski definition) is 1. The molecule has 1 aromatic rings. The molecule has 0 aromatic heterocycles. The molecule has 1 aliphatic carbocycles. The highest BCUT2D eigenvalue weighted by Crippen LogP contribution is 2.56.